The number of hydrogen-bond acceptors (Lipinski definition) is 2. The first kappa shape index (κ1) is 12.4. The van der Waals surface area contributed by atoms with Gasteiger partial charge in [0.2, 0.25) is 5.91 Å². The SMILES string of the molecule is CC(C)(C)c1c[nH]nc1-c1cccc(C(N)=O)c1. The van der Waals surface area contributed by atoms with Crippen LogP contribution in [0, 0.1) is 0 Å². The lowest BCUT2D eigenvalue weighted by molar-refractivity contribution is 0.100. The van der Waals surface area contributed by atoms with Crippen LogP contribution in [0.4, 0.5) is 0 Å². The number of rotatable bonds is 2. The van der Waals surface area contributed by atoms with Crippen molar-refractivity contribution in [2.75, 3.05) is 0 Å². The molecule has 0 aliphatic rings. The normalized spacial score (nSPS) is 11.5. The van der Waals surface area contributed by atoms with Crippen molar-refractivity contribution in [1.29, 1.82) is 0 Å². The fourth-order valence-corrected chi connectivity index (χ4v) is 1.90. The van der Waals surface area contributed by atoms with Crippen LogP contribution in [0.1, 0.15) is 36.7 Å². The molecule has 2 aromatic rings. The number of nitrogens with one attached hydrogen (secondary N) is 1. The molecule has 0 bridgehead atoms. The second-order valence-electron chi connectivity index (χ2n) is 5.34. The minimum Gasteiger partial charge on any atom is -0.366 e. The third kappa shape index (κ3) is 2.27. The van der Waals surface area contributed by atoms with Gasteiger partial charge in [-0.2, -0.15) is 5.10 Å². The number of carbonyl (C=O) groups excluding carboxylic acids is 1. The minimum absolute atomic E-state index is 0.00887. The van der Waals surface area contributed by atoms with Gasteiger partial charge in [-0.05, 0) is 17.5 Å². The predicted octanol–water partition coefficient (Wildman–Crippen LogP) is 2.47. The fraction of sp³-hybridized carbons (Fsp3) is 0.286. The Kier molecular flexibility index (Phi) is 2.95. The average Bonchev–Trinajstić information content (AvgIpc) is 2.77. The lowest BCUT2D eigenvalue weighted by atomic mass is 9.85. The Hall–Kier alpha value is -2.10. The summed E-state index contributed by atoms with van der Waals surface area (Å²) in [4.78, 5) is 11.2. The van der Waals surface area contributed by atoms with Crippen LogP contribution in [-0.2, 0) is 5.41 Å². The van der Waals surface area contributed by atoms with Crippen LogP contribution < -0.4 is 5.73 Å². The molecule has 1 aromatic carbocycles. The van der Waals surface area contributed by atoms with Crippen LogP contribution in [0.2, 0.25) is 0 Å². The molecule has 0 fully saturated rings. The number of hydrogen-bond donors (Lipinski definition) is 2. The average molecular weight is 243 g/mol. The molecule has 0 atom stereocenters. The maximum atomic E-state index is 11.2. The number of nitrogens with zero attached hydrogens (tertiary/aromatic N) is 1. The van der Waals surface area contributed by atoms with E-state index in [1.165, 1.54) is 0 Å². The second-order valence-corrected chi connectivity index (χ2v) is 5.34. The van der Waals surface area contributed by atoms with Crippen molar-refractivity contribution < 1.29 is 4.79 Å². The second kappa shape index (κ2) is 4.29. The molecule has 1 amide bonds. The Bertz CT molecular complexity index is 579. The molecule has 18 heavy (non-hydrogen) atoms. The van der Waals surface area contributed by atoms with E-state index in [4.69, 9.17) is 5.73 Å². The molecular weight excluding hydrogens is 226 g/mol. The lowest BCUT2D eigenvalue weighted by Gasteiger charge is -2.18. The molecule has 0 radical (unpaired) electrons. The third-order valence-electron chi connectivity index (χ3n) is 2.87. The van der Waals surface area contributed by atoms with Crippen molar-refractivity contribution in [3.05, 3.63) is 41.6 Å². The summed E-state index contributed by atoms with van der Waals surface area (Å²) in [6.07, 6.45) is 1.90. The van der Waals surface area contributed by atoms with Gasteiger partial charge in [0.15, 0.2) is 0 Å². The van der Waals surface area contributed by atoms with E-state index < -0.39 is 5.91 Å². The van der Waals surface area contributed by atoms with Crippen molar-refractivity contribution in [3.8, 4) is 11.3 Å². The summed E-state index contributed by atoms with van der Waals surface area (Å²) in [7, 11) is 0. The predicted molar refractivity (Wildman–Crippen MR) is 71.2 cm³/mol. The quantitative estimate of drug-likeness (QED) is 0.850. The van der Waals surface area contributed by atoms with Gasteiger partial charge in [0, 0.05) is 22.9 Å². The zero-order chi connectivity index (χ0) is 13.3. The highest BCUT2D eigenvalue weighted by Gasteiger charge is 2.21. The fourth-order valence-electron chi connectivity index (χ4n) is 1.90. The van der Waals surface area contributed by atoms with Gasteiger partial charge in [-0.25, -0.2) is 0 Å². The van der Waals surface area contributed by atoms with Crippen LogP contribution in [0.25, 0.3) is 11.3 Å². The van der Waals surface area contributed by atoms with E-state index in [-0.39, 0.29) is 5.41 Å². The highest BCUT2D eigenvalue weighted by molar-refractivity contribution is 5.94. The van der Waals surface area contributed by atoms with Gasteiger partial charge in [-0.3, -0.25) is 9.89 Å². The standard InChI is InChI=1S/C14H17N3O/c1-14(2,3)11-8-16-17-12(11)9-5-4-6-10(7-9)13(15)18/h4-8H,1-3H3,(H2,15,18)(H,16,17). The van der Waals surface area contributed by atoms with Crippen molar-refractivity contribution in [1.82, 2.24) is 10.2 Å². The molecule has 0 spiro atoms. The number of aromatic nitrogens is 2. The first-order chi connectivity index (χ1) is 8.39. The number of aromatic amines is 1. The van der Waals surface area contributed by atoms with Crippen LogP contribution >= 0.6 is 0 Å². The van der Waals surface area contributed by atoms with E-state index in [9.17, 15) is 4.79 Å². The zero-order valence-corrected chi connectivity index (χ0v) is 10.8. The number of amides is 1. The molecule has 0 saturated carbocycles. The zero-order valence-electron chi connectivity index (χ0n) is 10.8. The Morgan fingerprint density at radius 1 is 1.33 bits per heavy atom. The van der Waals surface area contributed by atoms with E-state index in [0.29, 0.717) is 5.56 Å². The maximum absolute atomic E-state index is 11.2. The summed E-state index contributed by atoms with van der Waals surface area (Å²) in [5.74, 6) is -0.426. The Morgan fingerprint density at radius 3 is 2.67 bits per heavy atom. The Labute approximate surface area is 106 Å². The smallest absolute Gasteiger partial charge is 0.248 e. The first-order valence-electron chi connectivity index (χ1n) is 5.84. The largest absolute Gasteiger partial charge is 0.366 e. The number of H-pyrrole nitrogens is 1. The van der Waals surface area contributed by atoms with Crippen molar-refractivity contribution in [2.45, 2.75) is 26.2 Å². The van der Waals surface area contributed by atoms with Gasteiger partial charge < -0.3 is 5.73 Å². The molecule has 1 aromatic heterocycles. The molecular formula is C14H17N3O. The van der Waals surface area contributed by atoms with Crippen LogP contribution in [0.3, 0.4) is 0 Å². The molecule has 4 heteroatoms. The third-order valence-corrected chi connectivity index (χ3v) is 2.87. The van der Waals surface area contributed by atoms with Gasteiger partial charge in [-0.15, -0.1) is 0 Å². The number of primary amides is 1. The molecule has 4 nitrogen and oxygen atoms in total. The van der Waals surface area contributed by atoms with Crippen molar-refractivity contribution >= 4 is 5.91 Å². The van der Waals surface area contributed by atoms with Crippen LogP contribution in [0.5, 0.6) is 0 Å². The number of nitrogens with two attached hydrogens (primary N) is 1. The van der Waals surface area contributed by atoms with Gasteiger partial charge in [-0.1, -0.05) is 32.9 Å². The van der Waals surface area contributed by atoms with Crippen molar-refractivity contribution in [2.24, 2.45) is 5.73 Å². The Morgan fingerprint density at radius 2 is 2.06 bits per heavy atom. The monoisotopic (exact) mass is 243 g/mol. The summed E-state index contributed by atoms with van der Waals surface area (Å²) in [6.45, 7) is 6.37. The summed E-state index contributed by atoms with van der Waals surface area (Å²) < 4.78 is 0. The van der Waals surface area contributed by atoms with Gasteiger partial charge in [0.1, 0.15) is 0 Å². The van der Waals surface area contributed by atoms with E-state index >= 15 is 0 Å². The molecule has 1 heterocycles. The molecule has 3 N–H and O–H groups in total. The van der Waals surface area contributed by atoms with Gasteiger partial charge in [0.05, 0.1) is 5.69 Å². The van der Waals surface area contributed by atoms with E-state index in [1.54, 1.807) is 12.1 Å². The summed E-state index contributed by atoms with van der Waals surface area (Å²) in [5, 5.41) is 7.16. The van der Waals surface area contributed by atoms with Gasteiger partial charge in [0.25, 0.3) is 0 Å². The molecule has 0 aliphatic heterocycles. The van der Waals surface area contributed by atoms with Crippen molar-refractivity contribution in [3.63, 3.8) is 0 Å². The van der Waals surface area contributed by atoms with E-state index in [1.807, 2.05) is 18.3 Å². The topological polar surface area (TPSA) is 71.8 Å². The number of carbonyl (C=O) groups is 1. The lowest BCUT2D eigenvalue weighted by Crippen LogP contribution is -2.12. The molecule has 0 unspecified atom stereocenters. The summed E-state index contributed by atoms with van der Waals surface area (Å²) in [5.41, 5.74) is 8.66. The highest BCUT2D eigenvalue weighted by atomic mass is 16.1. The van der Waals surface area contributed by atoms with E-state index in [0.717, 1.165) is 16.8 Å². The Balaban J connectivity index is 2.53. The summed E-state index contributed by atoms with van der Waals surface area (Å²) >= 11 is 0. The molecule has 94 valence electrons. The molecule has 0 aliphatic carbocycles. The molecule has 2 rings (SSSR count). The highest BCUT2D eigenvalue weighted by Crippen LogP contribution is 2.31. The first-order valence-corrected chi connectivity index (χ1v) is 5.84. The van der Waals surface area contributed by atoms with Gasteiger partial charge >= 0.3 is 0 Å². The maximum Gasteiger partial charge on any atom is 0.248 e. The number of benzene rings is 1. The minimum atomic E-state index is -0.426. The van der Waals surface area contributed by atoms with Crippen LogP contribution in [0.15, 0.2) is 30.5 Å². The summed E-state index contributed by atoms with van der Waals surface area (Å²) in [6, 6.07) is 7.22. The van der Waals surface area contributed by atoms with Crippen LogP contribution in [-0.4, -0.2) is 16.1 Å². The van der Waals surface area contributed by atoms with E-state index in [2.05, 4.69) is 31.0 Å². The molecule has 0 saturated heterocycles.